The first-order valence-corrected chi connectivity index (χ1v) is 6.65. The fourth-order valence-corrected chi connectivity index (χ4v) is 1.95. The van der Waals surface area contributed by atoms with Gasteiger partial charge >= 0.3 is 0 Å². The maximum absolute atomic E-state index is 6.17. The number of alkyl halides is 1. The van der Waals surface area contributed by atoms with Gasteiger partial charge in [-0.15, -0.1) is 11.6 Å². The smallest absolute Gasteiger partial charge is 0.0841 e. The first kappa shape index (κ1) is 13.4. The molecule has 4 heteroatoms. The number of aromatic nitrogens is 2. The van der Waals surface area contributed by atoms with E-state index < -0.39 is 0 Å². The predicted octanol–water partition coefficient (Wildman–Crippen LogP) is 3.07. The minimum atomic E-state index is -0.111. The van der Waals surface area contributed by atoms with Crippen LogP contribution in [-0.2, 0) is 13.6 Å². The molecule has 0 amide bonds. The first-order valence-electron chi connectivity index (χ1n) is 6.21. The lowest BCUT2D eigenvalue weighted by molar-refractivity contribution is 0.378. The maximum atomic E-state index is 6.17. The van der Waals surface area contributed by atoms with E-state index in [2.05, 4.69) is 36.4 Å². The molecule has 0 fully saturated rings. The Morgan fingerprint density at radius 1 is 1.39 bits per heavy atom. The van der Waals surface area contributed by atoms with Crippen LogP contribution in [0.2, 0.25) is 0 Å². The van der Waals surface area contributed by atoms with E-state index in [1.807, 2.05) is 30.8 Å². The number of hydrogen-bond acceptors (Lipinski definition) is 2. The van der Waals surface area contributed by atoms with Gasteiger partial charge in [0.25, 0.3) is 0 Å². The van der Waals surface area contributed by atoms with Crippen LogP contribution in [-0.4, -0.2) is 20.7 Å². The number of rotatable bonds is 4. The number of nitrogens with one attached hydrogen (secondary N) is 1. The van der Waals surface area contributed by atoms with Gasteiger partial charge < -0.3 is 5.32 Å². The Hall–Kier alpha value is -1.06. The average Bonchev–Trinajstić information content (AvgIpc) is 2.65. The van der Waals surface area contributed by atoms with Gasteiger partial charge in [-0.2, -0.15) is 5.10 Å². The molecule has 1 N–H and O–H groups in total. The minimum absolute atomic E-state index is 0.0625. The highest BCUT2D eigenvalue weighted by Crippen LogP contribution is 2.20. The number of fused-ring (bicyclic) bond motifs is 1. The van der Waals surface area contributed by atoms with Gasteiger partial charge in [0.05, 0.1) is 11.2 Å². The van der Waals surface area contributed by atoms with Crippen LogP contribution in [0.3, 0.4) is 0 Å². The molecule has 1 aromatic carbocycles. The highest BCUT2D eigenvalue weighted by molar-refractivity contribution is 6.21. The van der Waals surface area contributed by atoms with Crippen molar-refractivity contribution in [1.29, 1.82) is 0 Å². The highest BCUT2D eigenvalue weighted by Gasteiger charge is 2.23. The van der Waals surface area contributed by atoms with Crippen LogP contribution in [0.4, 0.5) is 0 Å². The minimum Gasteiger partial charge on any atom is -0.305 e. The average molecular weight is 266 g/mol. The molecule has 3 nitrogen and oxygen atoms in total. The van der Waals surface area contributed by atoms with Crippen molar-refractivity contribution in [3.63, 3.8) is 0 Å². The summed E-state index contributed by atoms with van der Waals surface area (Å²) < 4.78 is 1.92. The predicted molar refractivity (Wildman–Crippen MR) is 76.9 cm³/mol. The number of hydrogen-bond donors (Lipinski definition) is 1. The lowest BCUT2D eigenvalue weighted by Crippen LogP contribution is -2.45. The van der Waals surface area contributed by atoms with E-state index in [4.69, 9.17) is 11.6 Å². The molecule has 98 valence electrons. The Morgan fingerprint density at radius 2 is 2.06 bits per heavy atom. The van der Waals surface area contributed by atoms with E-state index in [1.165, 1.54) is 5.39 Å². The van der Waals surface area contributed by atoms with Gasteiger partial charge in [0.15, 0.2) is 0 Å². The van der Waals surface area contributed by atoms with Crippen molar-refractivity contribution in [2.24, 2.45) is 7.05 Å². The van der Waals surface area contributed by atoms with Crippen LogP contribution in [0.25, 0.3) is 10.9 Å². The van der Waals surface area contributed by atoms with Gasteiger partial charge in [-0.05, 0) is 26.8 Å². The van der Waals surface area contributed by atoms with Crippen molar-refractivity contribution in [3.8, 4) is 0 Å². The fourth-order valence-electron chi connectivity index (χ4n) is 1.87. The highest BCUT2D eigenvalue weighted by atomic mass is 35.5. The quantitative estimate of drug-likeness (QED) is 0.861. The monoisotopic (exact) mass is 265 g/mol. The second-order valence-corrected chi connectivity index (χ2v) is 5.93. The SMILES string of the molecule is CC(Cl)C(C)(C)NCc1nn(C)c2ccccc12. The molecule has 0 spiro atoms. The van der Waals surface area contributed by atoms with Crippen LogP contribution >= 0.6 is 11.6 Å². The van der Waals surface area contributed by atoms with Crippen LogP contribution in [0.1, 0.15) is 26.5 Å². The molecule has 1 heterocycles. The molecule has 2 rings (SSSR count). The molecule has 1 unspecified atom stereocenters. The molecule has 0 saturated carbocycles. The van der Waals surface area contributed by atoms with Crippen molar-refractivity contribution in [2.45, 2.75) is 38.2 Å². The largest absolute Gasteiger partial charge is 0.305 e. The normalized spacial score (nSPS) is 14.1. The van der Waals surface area contributed by atoms with Crippen LogP contribution in [0.5, 0.6) is 0 Å². The maximum Gasteiger partial charge on any atom is 0.0841 e. The van der Waals surface area contributed by atoms with E-state index in [0.717, 1.165) is 17.8 Å². The lowest BCUT2D eigenvalue weighted by Gasteiger charge is -2.28. The van der Waals surface area contributed by atoms with E-state index >= 15 is 0 Å². The number of benzene rings is 1. The number of aryl methyl sites for hydroxylation is 1. The van der Waals surface area contributed by atoms with Crippen molar-refractivity contribution in [2.75, 3.05) is 0 Å². The Bertz CT molecular complexity index is 543. The molecule has 0 saturated heterocycles. The zero-order valence-corrected chi connectivity index (χ0v) is 12.1. The van der Waals surface area contributed by atoms with Gasteiger partial charge in [0.1, 0.15) is 0 Å². The van der Waals surface area contributed by atoms with E-state index in [1.54, 1.807) is 0 Å². The third kappa shape index (κ3) is 2.52. The molecule has 1 atom stereocenters. The Morgan fingerprint density at radius 3 is 2.72 bits per heavy atom. The summed E-state index contributed by atoms with van der Waals surface area (Å²) >= 11 is 6.17. The van der Waals surface area contributed by atoms with Gasteiger partial charge in [0.2, 0.25) is 0 Å². The summed E-state index contributed by atoms with van der Waals surface area (Å²) in [6.07, 6.45) is 0. The summed E-state index contributed by atoms with van der Waals surface area (Å²) in [4.78, 5) is 0. The summed E-state index contributed by atoms with van der Waals surface area (Å²) in [5.74, 6) is 0. The summed E-state index contributed by atoms with van der Waals surface area (Å²) in [6, 6.07) is 8.27. The molecule has 0 aliphatic rings. The Balaban J connectivity index is 2.23. The first-order chi connectivity index (χ1) is 8.42. The number of nitrogens with zero attached hydrogens (tertiary/aromatic N) is 2. The molecule has 0 aliphatic heterocycles. The summed E-state index contributed by atoms with van der Waals surface area (Å²) in [5.41, 5.74) is 2.12. The Labute approximate surface area is 113 Å². The van der Waals surface area contributed by atoms with Crippen LogP contribution < -0.4 is 5.32 Å². The van der Waals surface area contributed by atoms with Gasteiger partial charge in [-0.25, -0.2) is 0 Å². The molecule has 0 aliphatic carbocycles. The molecule has 1 aromatic heterocycles. The van der Waals surface area contributed by atoms with Gasteiger partial charge in [-0.3, -0.25) is 4.68 Å². The summed E-state index contributed by atoms with van der Waals surface area (Å²) in [6.45, 7) is 6.95. The van der Waals surface area contributed by atoms with Crippen LogP contribution in [0, 0.1) is 0 Å². The van der Waals surface area contributed by atoms with Crippen molar-refractivity contribution in [3.05, 3.63) is 30.0 Å². The van der Waals surface area contributed by atoms with Gasteiger partial charge in [-0.1, -0.05) is 18.2 Å². The van der Waals surface area contributed by atoms with Gasteiger partial charge in [0, 0.05) is 29.9 Å². The molecule has 0 radical (unpaired) electrons. The zero-order valence-electron chi connectivity index (χ0n) is 11.4. The zero-order chi connectivity index (χ0) is 13.3. The second kappa shape index (κ2) is 4.90. The van der Waals surface area contributed by atoms with E-state index in [0.29, 0.717) is 0 Å². The molecule has 0 bridgehead atoms. The fraction of sp³-hybridized carbons (Fsp3) is 0.500. The standard InChI is InChI=1S/C14H20ClN3/c1-10(15)14(2,3)16-9-12-11-7-5-6-8-13(11)18(4)17-12/h5-8,10,16H,9H2,1-4H3. The second-order valence-electron chi connectivity index (χ2n) is 5.28. The topological polar surface area (TPSA) is 29.9 Å². The molecule has 18 heavy (non-hydrogen) atoms. The van der Waals surface area contributed by atoms with Crippen LogP contribution in [0.15, 0.2) is 24.3 Å². The third-order valence-corrected chi connectivity index (χ3v) is 4.09. The molecular formula is C14H20ClN3. The van der Waals surface area contributed by atoms with E-state index in [-0.39, 0.29) is 10.9 Å². The number of para-hydroxylation sites is 1. The van der Waals surface area contributed by atoms with E-state index in [9.17, 15) is 0 Å². The van der Waals surface area contributed by atoms with Crippen molar-refractivity contribution in [1.82, 2.24) is 15.1 Å². The summed E-state index contributed by atoms with van der Waals surface area (Å²) in [7, 11) is 1.97. The third-order valence-electron chi connectivity index (χ3n) is 3.54. The van der Waals surface area contributed by atoms with Crippen molar-refractivity contribution < 1.29 is 0 Å². The Kier molecular flexibility index (Phi) is 3.64. The lowest BCUT2D eigenvalue weighted by atomic mass is 10.0. The molecular weight excluding hydrogens is 246 g/mol. The molecule has 2 aromatic rings. The van der Waals surface area contributed by atoms with Crippen molar-refractivity contribution >= 4 is 22.5 Å². The number of halogens is 1. The summed E-state index contributed by atoms with van der Waals surface area (Å²) in [5, 5.41) is 9.30.